The predicted molar refractivity (Wildman–Crippen MR) is 91.6 cm³/mol. The van der Waals surface area contributed by atoms with Gasteiger partial charge in [0.25, 0.3) is 0 Å². The van der Waals surface area contributed by atoms with Crippen molar-refractivity contribution in [3.63, 3.8) is 0 Å². The molecule has 0 amide bonds. The second-order valence-electron chi connectivity index (χ2n) is 6.97. The first-order chi connectivity index (χ1) is 11.6. The van der Waals surface area contributed by atoms with Crippen molar-refractivity contribution in [1.82, 2.24) is 0 Å². The first-order valence-electron chi connectivity index (χ1n) is 8.62. The van der Waals surface area contributed by atoms with E-state index in [1.54, 1.807) is 0 Å². The second-order valence-corrected chi connectivity index (χ2v) is 6.97. The molecule has 1 heterocycles. The topological polar surface area (TPSA) is 38.8 Å². The van der Waals surface area contributed by atoms with Crippen LogP contribution in [0.3, 0.4) is 0 Å². The molecule has 24 heavy (non-hydrogen) atoms. The van der Waals surface area contributed by atoms with Gasteiger partial charge in [0.15, 0.2) is 0 Å². The minimum Gasteiger partial charge on any atom is -0.460 e. The largest absolute Gasteiger partial charge is 0.460 e. The van der Waals surface area contributed by atoms with Crippen molar-refractivity contribution in [3.8, 4) is 0 Å². The predicted octanol–water partition coefficient (Wildman–Crippen LogP) is 4.37. The minimum absolute atomic E-state index is 0.0580. The molecule has 2 unspecified atom stereocenters. The summed E-state index contributed by atoms with van der Waals surface area (Å²) >= 11 is 0. The molecule has 1 aliphatic heterocycles. The van der Waals surface area contributed by atoms with Crippen LogP contribution in [-0.2, 0) is 19.9 Å². The zero-order chi connectivity index (χ0) is 16.7. The Labute approximate surface area is 142 Å². The molecule has 0 radical (unpaired) electrons. The van der Waals surface area contributed by atoms with Crippen molar-refractivity contribution in [3.05, 3.63) is 70.8 Å². The molecule has 4 rings (SSSR count). The number of aryl methyl sites for hydroxylation is 2. The van der Waals surface area contributed by atoms with Gasteiger partial charge in [-0.05, 0) is 44.2 Å². The zero-order valence-electron chi connectivity index (χ0n) is 14.1. The van der Waals surface area contributed by atoms with Gasteiger partial charge in [0.05, 0.1) is 0 Å². The van der Waals surface area contributed by atoms with Gasteiger partial charge in [-0.1, -0.05) is 59.7 Å². The first kappa shape index (κ1) is 15.4. The van der Waals surface area contributed by atoms with Crippen LogP contribution in [0.2, 0.25) is 0 Å². The van der Waals surface area contributed by atoms with Crippen LogP contribution in [-0.4, -0.2) is 12.1 Å². The summed E-state index contributed by atoms with van der Waals surface area (Å²) < 4.78 is 11.7. The van der Waals surface area contributed by atoms with E-state index >= 15 is 0 Å². The van der Waals surface area contributed by atoms with Gasteiger partial charge in [-0.25, -0.2) is 4.79 Å². The normalized spacial score (nSPS) is 25.8. The molecule has 0 bridgehead atoms. The molecule has 1 saturated carbocycles. The van der Waals surface area contributed by atoms with E-state index < -0.39 is 5.60 Å². The number of hydrogen-bond donors (Lipinski definition) is 0. The van der Waals surface area contributed by atoms with Crippen LogP contribution in [0, 0.1) is 13.8 Å². The molecule has 2 aromatic rings. The molecule has 1 saturated heterocycles. The van der Waals surface area contributed by atoms with Gasteiger partial charge < -0.3 is 9.47 Å². The minimum atomic E-state index is -0.988. The number of hydrogen-bond acceptors (Lipinski definition) is 3. The highest BCUT2D eigenvalue weighted by atomic mass is 16.7. The Bertz CT molecular complexity index is 744. The summed E-state index contributed by atoms with van der Waals surface area (Å²) in [6.45, 7) is 4.09. The summed E-state index contributed by atoms with van der Waals surface area (Å²) in [5.74, 6) is -0.248. The summed E-state index contributed by atoms with van der Waals surface area (Å²) in [6, 6.07) is 16.2. The molecule has 0 spiro atoms. The lowest BCUT2D eigenvalue weighted by atomic mass is 9.90. The third-order valence-corrected chi connectivity index (χ3v) is 5.11. The van der Waals surface area contributed by atoms with Crippen LogP contribution in [0.5, 0.6) is 0 Å². The van der Waals surface area contributed by atoms with Gasteiger partial charge in [-0.15, -0.1) is 0 Å². The Hall–Kier alpha value is -2.13. The van der Waals surface area contributed by atoms with Crippen molar-refractivity contribution < 1.29 is 14.3 Å². The van der Waals surface area contributed by atoms with E-state index in [0.29, 0.717) is 0 Å². The number of benzene rings is 2. The Kier molecular flexibility index (Phi) is 3.69. The van der Waals surface area contributed by atoms with Crippen LogP contribution in [0.15, 0.2) is 48.5 Å². The molecule has 2 aromatic carbocycles. The first-order valence-corrected chi connectivity index (χ1v) is 8.62. The van der Waals surface area contributed by atoms with Crippen molar-refractivity contribution >= 4 is 5.97 Å². The summed E-state index contributed by atoms with van der Waals surface area (Å²) in [7, 11) is 0. The fourth-order valence-electron chi connectivity index (χ4n) is 3.22. The molecule has 0 aromatic heterocycles. The van der Waals surface area contributed by atoms with Crippen molar-refractivity contribution in [2.45, 2.75) is 50.9 Å². The lowest BCUT2D eigenvalue weighted by Crippen LogP contribution is -2.33. The van der Waals surface area contributed by atoms with E-state index in [0.717, 1.165) is 36.0 Å². The fraction of sp³-hybridized carbons (Fsp3) is 0.381. The van der Waals surface area contributed by atoms with Gasteiger partial charge >= 0.3 is 5.97 Å². The van der Waals surface area contributed by atoms with Crippen LogP contribution in [0.1, 0.15) is 47.6 Å². The number of ether oxygens (including phenoxy) is 2. The Morgan fingerprint density at radius 1 is 1.00 bits per heavy atom. The molecule has 0 N–H and O–H groups in total. The van der Waals surface area contributed by atoms with Gasteiger partial charge in [0.2, 0.25) is 5.60 Å². The van der Waals surface area contributed by atoms with Gasteiger partial charge in [0.1, 0.15) is 12.2 Å². The maximum absolute atomic E-state index is 12.9. The molecule has 2 fully saturated rings. The molecule has 3 nitrogen and oxygen atoms in total. The van der Waals surface area contributed by atoms with Crippen LogP contribution in [0.25, 0.3) is 0 Å². The molecule has 124 valence electrons. The quantitative estimate of drug-likeness (QED) is 0.620. The highest BCUT2D eigenvalue weighted by Crippen LogP contribution is 2.58. The lowest BCUT2D eigenvalue weighted by Gasteiger charge is -2.27. The Balaban J connectivity index is 1.66. The van der Waals surface area contributed by atoms with Crippen LogP contribution in [0.4, 0.5) is 0 Å². The summed E-state index contributed by atoms with van der Waals surface area (Å²) in [6.07, 6.45) is 2.85. The van der Waals surface area contributed by atoms with Crippen molar-refractivity contribution in [1.29, 1.82) is 0 Å². The number of epoxide rings is 1. The highest BCUT2D eigenvalue weighted by molar-refractivity contribution is 5.86. The number of carbonyl (C=O) groups is 1. The van der Waals surface area contributed by atoms with E-state index in [9.17, 15) is 4.79 Å². The number of rotatable bonds is 4. The van der Waals surface area contributed by atoms with Gasteiger partial charge in [0, 0.05) is 0 Å². The maximum Gasteiger partial charge on any atom is 0.346 e. The van der Waals surface area contributed by atoms with Crippen LogP contribution < -0.4 is 0 Å². The SMILES string of the molecule is Cc1ccc(C2OC2(C(=O)OC2CCC2)c2ccc(C)cc2)cc1. The molecule has 1 aliphatic carbocycles. The Morgan fingerprint density at radius 2 is 1.58 bits per heavy atom. The Morgan fingerprint density at radius 3 is 2.12 bits per heavy atom. The maximum atomic E-state index is 12.9. The molecular weight excluding hydrogens is 300 g/mol. The lowest BCUT2D eigenvalue weighted by molar-refractivity contribution is -0.160. The van der Waals surface area contributed by atoms with Gasteiger partial charge in [-0.2, -0.15) is 0 Å². The van der Waals surface area contributed by atoms with Crippen LogP contribution >= 0.6 is 0 Å². The summed E-state index contributed by atoms with van der Waals surface area (Å²) in [4.78, 5) is 12.9. The molecule has 3 heteroatoms. The molecule has 2 aliphatic rings. The van der Waals surface area contributed by atoms with E-state index in [-0.39, 0.29) is 18.2 Å². The molecular formula is C21H22O3. The van der Waals surface area contributed by atoms with E-state index in [1.807, 2.05) is 55.5 Å². The fourth-order valence-corrected chi connectivity index (χ4v) is 3.22. The third kappa shape index (κ3) is 2.53. The summed E-state index contributed by atoms with van der Waals surface area (Å²) in [5, 5.41) is 0. The number of esters is 1. The monoisotopic (exact) mass is 322 g/mol. The zero-order valence-corrected chi connectivity index (χ0v) is 14.1. The van der Waals surface area contributed by atoms with Gasteiger partial charge in [-0.3, -0.25) is 0 Å². The van der Waals surface area contributed by atoms with E-state index in [4.69, 9.17) is 9.47 Å². The average molecular weight is 322 g/mol. The second kappa shape index (κ2) is 5.75. The van der Waals surface area contributed by atoms with Crippen molar-refractivity contribution in [2.24, 2.45) is 0 Å². The van der Waals surface area contributed by atoms with Crippen molar-refractivity contribution in [2.75, 3.05) is 0 Å². The average Bonchev–Trinajstić information content (AvgIpc) is 3.29. The number of carbonyl (C=O) groups excluding carboxylic acids is 1. The smallest absolute Gasteiger partial charge is 0.346 e. The van der Waals surface area contributed by atoms with E-state index in [1.165, 1.54) is 5.56 Å². The molecule has 2 atom stereocenters. The summed E-state index contributed by atoms with van der Waals surface area (Å²) in [5.41, 5.74) is 3.26. The standard InChI is InChI=1S/C21H22O3/c1-14-6-10-16(11-7-14)19-21(24-19,17-12-8-15(2)9-13-17)20(22)23-18-4-3-5-18/h6-13,18-19H,3-5H2,1-2H3. The van der Waals surface area contributed by atoms with E-state index in [2.05, 4.69) is 6.92 Å². The highest BCUT2D eigenvalue weighted by Gasteiger charge is 2.66. The third-order valence-electron chi connectivity index (χ3n) is 5.11.